The van der Waals surface area contributed by atoms with Crippen LogP contribution in [0.2, 0.25) is 0 Å². The molecule has 0 aliphatic rings. The maximum Gasteiger partial charge on any atom is 0.148 e. The van der Waals surface area contributed by atoms with Crippen LogP contribution in [0.25, 0.3) is 61.3 Å². The Balaban J connectivity index is 0.00000343. The SMILES string of the molecule is CC(C)c1cccc(C(C)C)c1-n1c(-c2ccccc2O)nc2c(-c3[c-]c(-c4[n-]cc5ccccc45)ccc3)cccc21.[Au]. The van der Waals surface area contributed by atoms with E-state index in [0.717, 1.165) is 55.7 Å². The zero-order chi connectivity index (χ0) is 29.7. The first-order valence-electron chi connectivity index (χ1n) is 14.9. The summed E-state index contributed by atoms with van der Waals surface area (Å²) in [4.78, 5) is 10.1. The van der Waals surface area contributed by atoms with Crippen molar-refractivity contribution in [2.75, 3.05) is 0 Å². The molecule has 7 rings (SSSR count). The summed E-state index contributed by atoms with van der Waals surface area (Å²) in [5, 5.41) is 13.3. The average Bonchev–Trinajstić information content (AvgIpc) is 3.63. The third kappa shape index (κ3) is 4.99. The Kier molecular flexibility index (Phi) is 8.08. The molecule has 0 bridgehead atoms. The van der Waals surface area contributed by atoms with Gasteiger partial charge in [0.15, 0.2) is 0 Å². The Morgan fingerprint density at radius 2 is 1.34 bits per heavy atom. The molecule has 5 aromatic carbocycles. The summed E-state index contributed by atoms with van der Waals surface area (Å²) in [7, 11) is 0. The van der Waals surface area contributed by atoms with Crippen LogP contribution in [-0.4, -0.2) is 14.7 Å². The van der Waals surface area contributed by atoms with E-state index in [0.29, 0.717) is 17.4 Å². The molecular formula is C39H33AuN3O-2. The number of nitrogens with zero attached hydrogens (tertiary/aromatic N) is 3. The van der Waals surface area contributed by atoms with Gasteiger partial charge in [-0.05, 0) is 46.5 Å². The van der Waals surface area contributed by atoms with Crippen LogP contribution in [0.3, 0.4) is 0 Å². The molecule has 0 saturated carbocycles. The number of hydrogen-bond acceptors (Lipinski definition) is 2. The first-order valence-corrected chi connectivity index (χ1v) is 14.9. The maximum absolute atomic E-state index is 11.1. The fourth-order valence-electron chi connectivity index (χ4n) is 6.16. The van der Waals surface area contributed by atoms with E-state index in [1.54, 1.807) is 6.07 Å². The van der Waals surface area contributed by atoms with Crippen LogP contribution in [0.1, 0.15) is 50.7 Å². The second-order valence-electron chi connectivity index (χ2n) is 11.7. The van der Waals surface area contributed by atoms with Crippen molar-refractivity contribution in [1.29, 1.82) is 0 Å². The first kappa shape index (κ1) is 29.7. The number of rotatable bonds is 6. The smallest absolute Gasteiger partial charge is 0.148 e. The minimum atomic E-state index is 0. The quantitative estimate of drug-likeness (QED) is 0.136. The molecule has 0 unspecified atom stereocenters. The largest absolute Gasteiger partial charge is 0.698 e. The predicted molar refractivity (Wildman–Crippen MR) is 177 cm³/mol. The molecule has 1 N–H and O–H groups in total. The Labute approximate surface area is 273 Å². The number of fused-ring (bicyclic) bond motifs is 2. The number of para-hydroxylation sites is 3. The summed E-state index contributed by atoms with van der Waals surface area (Å²) in [6.45, 7) is 8.92. The van der Waals surface area contributed by atoms with Gasteiger partial charge < -0.3 is 10.1 Å². The normalized spacial score (nSPS) is 11.5. The van der Waals surface area contributed by atoms with E-state index in [1.165, 1.54) is 11.1 Å². The summed E-state index contributed by atoms with van der Waals surface area (Å²) in [6, 6.07) is 38.5. The Bertz CT molecular complexity index is 2090. The molecule has 0 spiro atoms. The van der Waals surface area contributed by atoms with Gasteiger partial charge in [0.2, 0.25) is 0 Å². The molecule has 0 atom stereocenters. The molecule has 44 heavy (non-hydrogen) atoms. The minimum absolute atomic E-state index is 0. The van der Waals surface area contributed by atoms with Crippen molar-refractivity contribution < 1.29 is 27.5 Å². The van der Waals surface area contributed by atoms with E-state index in [2.05, 4.69) is 105 Å². The van der Waals surface area contributed by atoms with Crippen LogP contribution >= 0.6 is 0 Å². The number of hydrogen-bond donors (Lipinski definition) is 1. The molecule has 2 aromatic heterocycles. The molecule has 0 aliphatic heterocycles. The van der Waals surface area contributed by atoms with E-state index < -0.39 is 0 Å². The fraction of sp³-hybridized carbons (Fsp3) is 0.154. The topological polar surface area (TPSA) is 52.1 Å². The van der Waals surface area contributed by atoms with Gasteiger partial charge in [0.1, 0.15) is 11.6 Å². The van der Waals surface area contributed by atoms with Crippen molar-refractivity contribution in [2.24, 2.45) is 0 Å². The Morgan fingerprint density at radius 1 is 0.705 bits per heavy atom. The molecule has 0 saturated heterocycles. The van der Waals surface area contributed by atoms with Gasteiger partial charge in [-0.1, -0.05) is 105 Å². The number of aromatic hydroxyl groups is 1. The van der Waals surface area contributed by atoms with Gasteiger partial charge in [-0.15, -0.1) is 35.4 Å². The molecule has 1 radical (unpaired) electrons. The van der Waals surface area contributed by atoms with E-state index in [-0.39, 0.29) is 28.1 Å². The molecule has 7 aromatic rings. The van der Waals surface area contributed by atoms with Crippen LogP contribution in [0.15, 0.2) is 109 Å². The monoisotopic (exact) mass is 756 g/mol. The van der Waals surface area contributed by atoms with Crippen molar-refractivity contribution in [3.8, 4) is 45.2 Å². The van der Waals surface area contributed by atoms with Gasteiger partial charge in [-0.3, -0.25) is 4.57 Å². The third-order valence-electron chi connectivity index (χ3n) is 8.29. The number of phenolic OH excluding ortho intramolecular Hbond substituents is 1. The number of imidazole rings is 1. The molecule has 223 valence electrons. The van der Waals surface area contributed by atoms with Crippen LogP contribution in [0.4, 0.5) is 0 Å². The van der Waals surface area contributed by atoms with Crippen LogP contribution < -0.4 is 4.98 Å². The number of benzene rings is 5. The second kappa shape index (κ2) is 12.0. The van der Waals surface area contributed by atoms with Gasteiger partial charge in [0.25, 0.3) is 0 Å². The maximum atomic E-state index is 11.1. The Hall–Kier alpha value is -4.35. The van der Waals surface area contributed by atoms with Gasteiger partial charge in [-0.25, -0.2) is 4.98 Å². The Morgan fingerprint density at radius 3 is 2.09 bits per heavy atom. The molecule has 0 aliphatic carbocycles. The molecule has 2 heterocycles. The summed E-state index contributed by atoms with van der Waals surface area (Å²) in [6.07, 6.45) is 1.92. The molecule has 0 amide bonds. The van der Waals surface area contributed by atoms with Crippen LogP contribution in [-0.2, 0) is 22.4 Å². The summed E-state index contributed by atoms with van der Waals surface area (Å²) in [5.74, 6) is 1.51. The van der Waals surface area contributed by atoms with Crippen LogP contribution in [0, 0.1) is 6.07 Å². The molecule has 5 heteroatoms. The summed E-state index contributed by atoms with van der Waals surface area (Å²) >= 11 is 0. The third-order valence-corrected chi connectivity index (χ3v) is 8.29. The van der Waals surface area contributed by atoms with E-state index in [9.17, 15) is 5.11 Å². The zero-order valence-electron chi connectivity index (χ0n) is 25.1. The van der Waals surface area contributed by atoms with Gasteiger partial charge in [0.05, 0.1) is 22.3 Å². The second-order valence-corrected chi connectivity index (χ2v) is 11.7. The standard InChI is InChI=1S/C39H33N3O.Au/c1-24(2)29-17-10-18-30(25(3)4)38(29)42-34-20-11-19-31(37(34)41-39(42)33-16-7-8-21-35(33)43)26-13-9-14-27(22-26)36-32-15-6-5-12-28(32)23-40-36;/h5-21,23-25H,1-4H3,(H,41,43);/q-2;. The van der Waals surface area contributed by atoms with Gasteiger partial charge >= 0.3 is 0 Å². The predicted octanol–water partition coefficient (Wildman–Crippen LogP) is 9.89. The number of phenols is 1. The van der Waals surface area contributed by atoms with Crippen molar-refractivity contribution >= 4 is 21.8 Å². The number of aromatic nitrogens is 3. The van der Waals surface area contributed by atoms with Crippen LogP contribution in [0.5, 0.6) is 5.75 Å². The fourth-order valence-corrected chi connectivity index (χ4v) is 6.16. The van der Waals surface area contributed by atoms with Crippen molar-refractivity contribution in [1.82, 2.24) is 14.5 Å². The van der Waals surface area contributed by atoms with Crippen molar-refractivity contribution in [2.45, 2.75) is 39.5 Å². The summed E-state index contributed by atoms with van der Waals surface area (Å²) < 4.78 is 2.26. The van der Waals surface area contributed by atoms with E-state index >= 15 is 0 Å². The van der Waals surface area contributed by atoms with E-state index in [1.807, 2.05) is 36.5 Å². The van der Waals surface area contributed by atoms with Gasteiger partial charge in [0, 0.05) is 22.4 Å². The summed E-state index contributed by atoms with van der Waals surface area (Å²) in [5.41, 5.74) is 9.98. The molecule has 0 fully saturated rings. The molecule has 4 nitrogen and oxygen atoms in total. The van der Waals surface area contributed by atoms with E-state index in [4.69, 9.17) is 9.97 Å². The van der Waals surface area contributed by atoms with Gasteiger partial charge in [-0.2, -0.15) is 11.9 Å². The van der Waals surface area contributed by atoms with Crippen molar-refractivity contribution in [3.05, 3.63) is 127 Å². The average molecular weight is 757 g/mol. The minimum Gasteiger partial charge on any atom is -0.698 e. The zero-order valence-corrected chi connectivity index (χ0v) is 27.3. The first-order chi connectivity index (χ1) is 20.9. The van der Waals surface area contributed by atoms with Crippen molar-refractivity contribution in [3.63, 3.8) is 0 Å². The molecular weight excluding hydrogens is 723 g/mol.